The third-order valence-corrected chi connectivity index (χ3v) is 9.77. The largest absolute Gasteiger partial charge is 0.274 e. The number of hydrogen-bond acceptors (Lipinski definition) is 2. The molecule has 3 aliphatic rings. The number of fused-ring (bicyclic) bond motifs is 5. The molecule has 2 amide bonds. The number of hydrogen-bond donors (Lipinski definition) is 0. The average molecular weight is 474 g/mol. The van der Waals surface area contributed by atoms with Crippen LogP contribution in [-0.2, 0) is 9.59 Å². The van der Waals surface area contributed by atoms with Gasteiger partial charge in [0.1, 0.15) is 9.75 Å². The van der Waals surface area contributed by atoms with Crippen LogP contribution in [0.25, 0.3) is 0 Å². The predicted molar refractivity (Wildman–Crippen MR) is 106 cm³/mol. The Morgan fingerprint density at radius 1 is 0.885 bits per heavy atom. The van der Waals surface area contributed by atoms with Gasteiger partial charge in [0.15, 0.2) is 4.33 Å². The maximum absolute atomic E-state index is 13.3. The molecule has 0 aromatic heterocycles. The van der Waals surface area contributed by atoms with Crippen molar-refractivity contribution in [3.05, 3.63) is 39.4 Å². The molecule has 1 aromatic carbocycles. The standard InChI is InChI=1S/C17H11Cl6NO2/c1-6-3-4-7(2)8(5-6)24-13(25)9-10(14(24)26)16(21)12(19)11(18)15(9,20)17(16,22)23/h3-5,9-10H,1-2H3/t9-,10+,15-,16-/m1/s1. The van der Waals surface area contributed by atoms with E-state index in [1.54, 1.807) is 13.0 Å². The maximum atomic E-state index is 13.3. The zero-order valence-electron chi connectivity index (χ0n) is 13.4. The highest BCUT2D eigenvalue weighted by molar-refractivity contribution is 6.67. The summed E-state index contributed by atoms with van der Waals surface area (Å²) >= 11 is 38.9. The van der Waals surface area contributed by atoms with Crippen molar-refractivity contribution in [2.45, 2.75) is 27.9 Å². The quantitative estimate of drug-likeness (QED) is 0.412. The molecule has 26 heavy (non-hydrogen) atoms. The monoisotopic (exact) mass is 471 g/mol. The fourth-order valence-corrected chi connectivity index (χ4v) is 7.12. The Balaban J connectivity index is 1.94. The Hall–Kier alpha value is -0.160. The molecule has 4 rings (SSSR count). The molecule has 0 radical (unpaired) electrons. The second-order valence-electron chi connectivity index (χ2n) is 6.88. The zero-order chi connectivity index (χ0) is 19.4. The van der Waals surface area contributed by atoms with Crippen molar-refractivity contribution >= 4 is 87.1 Å². The van der Waals surface area contributed by atoms with Crippen molar-refractivity contribution in [3.63, 3.8) is 0 Å². The summed E-state index contributed by atoms with van der Waals surface area (Å²) < 4.78 is -1.91. The van der Waals surface area contributed by atoms with E-state index in [0.29, 0.717) is 5.69 Å². The van der Waals surface area contributed by atoms with E-state index in [1.165, 1.54) is 0 Å². The summed E-state index contributed by atoms with van der Waals surface area (Å²) in [5.41, 5.74) is 2.12. The second kappa shape index (κ2) is 5.46. The number of alkyl halides is 4. The van der Waals surface area contributed by atoms with Crippen LogP contribution in [0.5, 0.6) is 0 Å². The summed E-state index contributed by atoms with van der Waals surface area (Å²) in [7, 11) is 0. The number of rotatable bonds is 1. The maximum Gasteiger partial charge on any atom is 0.240 e. The number of anilines is 1. The Bertz CT molecular complexity index is 882. The van der Waals surface area contributed by atoms with Gasteiger partial charge in [-0.1, -0.05) is 58.5 Å². The SMILES string of the molecule is Cc1ccc(C)c(N2C(=O)[C@@H]3[C@H](C2=O)[C@@]2(Cl)C(Cl)=C(Cl)[C@@]3(Cl)C2(Cl)Cl)c1. The van der Waals surface area contributed by atoms with Crippen LogP contribution in [0, 0.1) is 25.7 Å². The van der Waals surface area contributed by atoms with Crippen molar-refractivity contribution < 1.29 is 9.59 Å². The highest BCUT2D eigenvalue weighted by Gasteiger charge is 2.87. The minimum absolute atomic E-state index is 0.0916. The van der Waals surface area contributed by atoms with Crippen LogP contribution in [0.1, 0.15) is 11.1 Å². The fraction of sp³-hybridized carbons (Fsp3) is 0.412. The Labute approximate surface area is 180 Å². The van der Waals surface area contributed by atoms with Gasteiger partial charge >= 0.3 is 0 Å². The number of carbonyl (C=O) groups excluding carboxylic acids is 2. The van der Waals surface area contributed by atoms with E-state index in [1.807, 2.05) is 19.1 Å². The minimum atomic E-state index is -1.91. The molecule has 1 heterocycles. The molecule has 0 spiro atoms. The summed E-state index contributed by atoms with van der Waals surface area (Å²) in [5, 5.41) is -0.183. The first kappa shape index (κ1) is 19.2. The van der Waals surface area contributed by atoms with Gasteiger partial charge in [0.25, 0.3) is 0 Å². The van der Waals surface area contributed by atoms with Gasteiger partial charge in [-0.3, -0.25) is 9.59 Å². The molecule has 138 valence electrons. The van der Waals surface area contributed by atoms with Gasteiger partial charge in [0.2, 0.25) is 11.8 Å². The van der Waals surface area contributed by atoms with E-state index in [-0.39, 0.29) is 10.1 Å². The average Bonchev–Trinajstić information content (AvgIpc) is 2.95. The van der Waals surface area contributed by atoms with E-state index in [4.69, 9.17) is 69.6 Å². The predicted octanol–water partition coefficient (Wildman–Crippen LogP) is 5.25. The Kier molecular flexibility index (Phi) is 4.03. The smallest absolute Gasteiger partial charge is 0.240 e. The zero-order valence-corrected chi connectivity index (χ0v) is 18.0. The van der Waals surface area contributed by atoms with Crippen LogP contribution in [0.15, 0.2) is 28.3 Å². The number of carbonyl (C=O) groups is 2. The molecular weight excluding hydrogens is 463 g/mol. The van der Waals surface area contributed by atoms with Crippen molar-refractivity contribution in [1.29, 1.82) is 0 Å². The van der Waals surface area contributed by atoms with E-state index in [0.717, 1.165) is 16.0 Å². The summed E-state index contributed by atoms with van der Waals surface area (Å²) in [4.78, 5) is 24.1. The summed E-state index contributed by atoms with van der Waals surface area (Å²) in [6, 6.07) is 5.46. The normalized spacial score (nSPS) is 37.8. The van der Waals surface area contributed by atoms with Crippen molar-refractivity contribution in [1.82, 2.24) is 0 Å². The van der Waals surface area contributed by atoms with Crippen LogP contribution >= 0.6 is 69.6 Å². The molecule has 1 aliphatic heterocycles. The molecule has 2 fully saturated rings. The number of imide groups is 1. The van der Waals surface area contributed by atoms with E-state index in [2.05, 4.69) is 0 Å². The fourth-order valence-electron chi connectivity index (χ4n) is 4.19. The number of nitrogens with zero attached hydrogens (tertiary/aromatic N) is 1. The lowest BCUT2D eigenvalue weighted by Gasteiger charge is -2.34. The lowest BCUT2D eigenvalue weighted by Crippen LogP contribution is -2.50. The molecule has 2 bridgehead atoms. The van der Waals surface area contributed by atoms with Crippen molar-refractivity contribution in [2.75, 3.05) is 4.90 Å². The van der Waals surface area contributed by atoms with Crippen molar-refractivity contribution in [3.8, 4) is 0 Å². The van der Waals surface area contributed by atoms with Gasteiger partial charge in [-0.25, -0.2) is 4.90 Å². The molecule has 9 heteroatoms. The van der Waals surface area contributed by atoms with E-state index < -0.39 is 37.7 Å². The van der Waals surface area contributed by atoms with Crippen LogP contribution in [0.4, 0.5) is 5.69 Å². The molecule has 1 saturated carbocycles. The highest BCUT2D eigenvalue weighted by Crippen LogP contribution is 2.77. The first-order chi connectivity index (χ1) is 11.9. The van der Waals surface area contributed by atoms with E-state index >= 15 is 0 Å². The number of amides is 2. The van der Waals surface area contributed by atoms with Gasteiger partial charge in [0.05, 0.1) is 27.6 Å². The number of benzene rings is 1. The molecule has 1 aromatic rings. The molecule has 3 nitrogen and oxygen atoms in total. The Morgan fingerprint density at radius 2 is 1.35 bits per heavy atom. The van der Waals surface area contributed by atoms with Crippen LogP contribution < -0.4 is 4.90 Å². The number of allylic oxidation sites excluding steroid dienone is 2. The van der Waals surface area contributed by atoms with Gasteiger partial charge in [-0.2, -0.15) is 0 Å². The third kappa shape index (κ3) is 1.81. The first-order valence-corrected chi connectivity index (χ1v) is 9.96. The van der Waals surface area contributed by atoms with Gasteiger partial charge in [-0.15, -0.1) is 23.2 Å². The third-order valence-electron chi connectivity index (χ3n) is 5.51. The molecular formula is C17H11Cl6NO2. The Morgan fingerprint density at radius 3 is 1.81 bits per heavy atom. The molecule has 4 atom stereocenters. The second-order valence-corrected chi connectivity index (χ2v) is 10.2. The van der Waals surface area contributed by atoms with Crippen LogP contribution in [0.3, 0.4) is 0 Å². The van der Waals surface area contributed by atoms with Gasteiger partial charge < -0.3 is 0 Å². The number of halogens is 6. The van der Waals surface area contributed by atoms with E-state index in [9.17, 15) is 9.59 Å². The number of aryl methyl sites for hydroxylation is 2. The van der Waals surface area contributed by atoms with Gasteiger partial charge in [0, 0.05) is 0 Å². The molecule has 2 aliphatic carbocycles. The van der Waals surface area contributed by atoms with Gasteiger partial charge in [-0.05, 0) is 31.0 Å². The lowest BCUT2D eigenvalue weighted by molar-refractivity contribution is -0.123. The van der Waals surface area contributed by atoms with Crippen molar-refractivity contribution in [2.24, 2.45) is 11.8 Å². The molecule has 1 saturated heterocycles. The lowest BCUT2D eigenvalue weighted by atomic mass is 9.84. The molecule has 0 N–H and O–H groups in total. The molecule has 0 unspecified atom stereocenters. The first-order valence-electron chi connectivity index (χ1n) is 7.69. The summed E-state index contributed by atoms with van der Waals surface area (Å²) in [6.07, 6.45) is 0. The summed E-state index contributed by atoms with van der Waals surface area (Å²) in [5.74, 6) is -3.31. The topological polar surface area (TPSA) is 37.4 Å². The highest BCUT2D eigenvalue weighted by atomic mass is 35.5. The minimum Gasteiger partial charge on any atom is -0.274 e. The summed E-state index contributed by atoms with van der Waals surface area (Å²) in [6.45, 7) is 3.67. The van der Waals surface area contributed by atoms with Crippen LogP contribution in [0.2, 0.25) is 0 Å². The van der Waals surface area contributed by atoms with Crippen LogP contribution in [-0.4, -0.2) is 25.9 Å².